The Bertz CT molecular complexity index is 1890. The van der Waals surface area contributed by atoms with E-state index in [-0.39, 0.29) is 35.5 Å². The van der Waals surface area contributed by atoms with E-state index in [1.165, 1.54) is 17.4 Å². The average Bonchev–Trinajstić information content (AvgIpc) is 3.61. The van der Waals surface area contributed by atoms with Crippen molar-refractivity contribution in [2.75, 3.05) is 27.0 Å². The van der Waals surface area contributed by atoms with Crippen molar-refractivity contribution < 1.29 is 68.3 Å². The van der Waals surface area contributed by atoms with Gasteiger partial charge in [0.05, 0.1) is 43.4 Å². The van der Waals surface area contributed by atoms with Crippen LogP contribution in [0.3, 0.4) is 0 Å². The Hall–Kier alpha value is -3.83. The first-order valence-electron chi connectivity index (χ1n) is 16.6. The lowest BCUT2D eigenvalue weighted by molar-refractivity contribution is -0.949. The zero-order valence-corrected chi connectivity index (χ0v) is 28.4. The second-order valence-electron chi connectivity index (χ2n) is 13.6. The number of aromatic hydroxyl groups is 1. The second-order valence-corrected chi connectivity index (χ2v) is 14.7. The number of phosphoric acid groups is 1. The predicted molar refractivity (Wildman–Crippen MR) is 175 cm³/mol. The summed E-state index contributed by atoms with van der Waals surface area (Å²) in [5.74, 6) is -0.500. The lowest BCUT2D eigenvalue weighted by Gasteiger charge is -2.49. The summed E-state index contributed by atoms with van der Waals surface area (Å²) in [6.07, 6.45) is -1.48. The molecule has 3 saturated heterocycles. The van der Waals surface area contributed by atoms with E-state index in [2.05, 4.69) is 27.5 Å². The fraction of sp³-hybridized carbons (Fsp3) is 0.471. The Balaban J connectivity index is 0.000000160. The van der Waals surface area contributed by atoms with Gasteiger partial charge in [0.1, 0.15) is 36.2 Å². The molecule has 3 aromatic rings. The van der Waals surface area contributed by atoms with Crippen LogP contribution in [-0.4, -0.2) is 105 Å². The summed E-state index contributed by atoms with van der Waals surface area (Å²) in [6.45, 7) is 6.04. The molecule has 0 radical (unpaired) electrons. The number of amides is 1. The SMILES string of the molecule is C=C[C@H]1C[NH+]2CC[C@H]1C[C@H]2[C@H](O)c1ccnc2ccc(OC)cc12.O=C1N[C@H]2[C@H](OP(=O)([O-])O)[C@H](O)[C@@H](O)[C@H](O)[C@@H]2c2cc3c(c(O)c21)OCO3. The minimum Gasteiger partial charge on any atom is -0.756 e. The number of aliphatic hydroxyl groups is 4. The minimum absolute atomic E-state index is 0.0382. The summed E-state index contributed by atoms with van der Waals surface area (Å²) >= 11 is 0. The van der Waals surface area contributed by atoms with Gasteiger partial charge in [-0.2, -0.15) is 0 Å². The molecule has 6 heterocycles. The summed E-state index contributed by atoms with van der Waals surface area (Å²) in [7, 11) is -3.69. The van der Waals surface area contributed by atoms with Crippen LogP contribution >= 0.6 is 7.82 Å². The number of nitrogens with zero attached hydrogens (tertiary/aromatic N) is 1. The van der Waals surface area contributed by atoms with Gasteiger partial charge >= 0.3 is 0 Å². The van der Waals surface area contributed by atoms with E-state index in [1.807, 2.05) is 24.3 Å². The fourth-order valence-electron chi connectivity index (χ4n) is 8.49. The molecule has 4 fully saturated rings. The highest BCUT2D eigenvalue weighted by Crippen LogP contribution is 2.51. The van der Waals surface area contributed by atoms with Crippen LogP contribution < -0.4 is 29.3 Å². The molecule has 1 aromatic heterocycles. The number of aliphatic hydroxyl groups excluding tert-OH is 4. The highest BCUT2D eigenvalue weighted by Gasteiger charge is 2.55. The van der Waals surface area contributed by atoms with E-state index in [0.717, 1.165) is 41.7 Å². The second kappa shape index (κ2) is 13.6. The number of fused-ring (bicyclic) bond motifs is 8. The van der Waals surface area contributed by atoms with Crippen molar-refractivity contribution in [1.29, 1.82) is 0 Å². The quantitative estimate of drug-likeness (QED) is 0.112. The largest absolute Gasteiger partial charge is 0.756 e. The third kappa shape index (κ3) is 6.34. The van der Waals surface area contributed by atoms with Gasteiger partial charge in [-0.15, -0.1) is 6.58 Å². The van der Waals surface area contributed by atoms with E-state index in [9.17, 15) is 39.8 Å². The summed E-state index contributed by atoms with van der Waals surface area (Å²) in [6, 6.07) is 8.05. The molecule has 12 atom stereocenters. The number of rotatable bonds is 6. The molecule has 9 rings (SSSR count). The number of quaternary nitrogens is 1. The normalized spacial score (nSPS) is 33.5. The van der Waals surface area contributed by atoms with E-state index < -0.39 is 62.0 Å². The molecule has 1 amide bonds. The number of nitrogens with one attached hydrogen (secondary N) is 2. The first kappa shape index (κ1) is 35.6. The number of hydrogen-bond donors (Lipinski definition) is 8. The van der Waals surface area contributed by atoms with Crippen LogP contribution in [0.25, 0.3) is 10.9 Å². The summed E-state index contributed by atoms with van der Waals surface area (Å²) < 4.78 is 31.2. The molecule has 274 valence electrons. The number of pyridine rings is 1. The van der Waals surface area contributed by atoms with Crippen molar-refractivity contribution >= 4 is 24.6 Å². The number of aromatic nitrogens is 1. The number of hydrogen-bond acceptors (Lipinski definition) is 13. The Labute approximate surface area is 292 Å². The van der Waals surface area contributed by atoms with Crippen LogP contribution in [0.2, 0.25) is 0 Å². The number of ether oxygens (including phenoxy) is 3. The van der Waals surface area contributed by atoms with Crippen molar-refractivity contribution in [3.05, 3.63) is 65.9 Å². The molecule has 8 N–H and O–H groups in total. The number of piperidine rings is 3. The molecular weight excluding hydrogens is 689 g/mol. The van der Waals surface area contributed by atoms with Crippen LogP contribution in [0.4, 0.5) is 0 Å². The zero-order chi connectivity index (χ0) is 36.4. The molecule has 17 heteroatoms. The molecule has 2 unspecified atom stereocenters. The lowest BCUT2D eigenvalue weighted by atomic mass is 9.70. The Morgan fingerprint density at radius 1 is 1.18 bits per heavy atom. The maximum atomic E-state index is 12.5. The van der Waals surface area contributed by atoms with Crippen molar-refractivity contribution in [3.63, 3.8) is 0 Å². The van der Waals surface area contributed by atoms with Crippen LogP contribution in [-0.2, 0) is 9.09 Å². The maximum absolute atomic E-state index is 12.5. The first-order valence-corrected chi connectivity index (χ1v) is 18.1. The smallest absolute Gasteiger partial charge is 0.265 e. The zero-order valence-electron chi connectivity index (χ0n) is 27.5. The topological polar surface area (TPSA) is 245 Å². The van der Waals surface area contributed by atoms with E-state index >= 15 is 0 Å². The molecule has 51 heavy (non-hydrogen) atoms. The summed E-state index contributed by atoms with van der Waals surface area (Å²) in [5.41, 5.74) is 1.66. The van der Waals surface area contributed by atoms with Crippen LogP contribution in [0.1, 0.15) is 46.3 Å². The van der Waals surface area contributed by atoms with Gasteiger partial charge < -0.3 is 64.3 Å². The highest BCUT2D eigenvalue weighted by molar-refractivity contribution is 7.44. The van der Waals surface area contributed by atoms with Crippen molar-refractivity contribution in [2.24, 2.45) is 11.8 Å². The van der Waals surface area contributed by atoms with E-state index in [0.29, 0.717) is 11.8 Å². The van der Waals surface area contributed by atoms with Gasteiger partial charge in [-0.25, -0.2) is 0 Å². The monoisotopic (exact) mass is 729 g/mol. The highest BCUT2D eigenvalue weighted by atomic mass is 31.2. The van der Waals surface area contributed by atoms with Gasteiger partial charge in [0.2, 0.25) is 12.5 Å². The number of phosphoric ester groups is 1. The molecular formula is C34H40N3O13P. The molecule has 1 saturated carbocycles. The van der Waals surface area contributed by atoms with E-state index in [1.54, 1.807) is 13.3 Å². The number of carbonyl (C=O) groups is 1. The van der Waals surface area contributed by atoms with Gasteiger partial charge in [0.15, 0.2) is 11.5 Å². The Kier molecular flexibility index (Phi) is 9.50. The third-order valence-electron chi connectivity index (χ3n) is 11.0. The average molecular weight is 730 g/mol. The lowest BCUT2D eigenvalue weighted by Crippen LogP contribution is -3.20. The van der Waals surface area contributed by atoms with Gasteiger partial charge in [-0.3, -0.25) is 14.3 Å². The number of phenols is 1. The molecule has 6 aliphatic rings. The molecule has 16 nitrogen and oxygen atoms in total. The molecule has 2 aromatic carbocycles. The Morgan fingerprint density at radius 2 is 1.96 bits per heavy atom. The standard InChI is InChI=1S/C20H24N2O2.C14H16NO11P/c1-3-13-12-22-9-7-14(13)10-19(22)20(23)16-6-8-21-18-5-4-15(24-2)11-17(16)18;16-8-5-3-1-4-12(25-2-24-4)9(17)6(3)14(20)15-7(5)13(11(19)10(8)18)26-27(21,22)23/h3-6,8,11,13-14,19-20,23H,1,7,9-10,12H2,2H3;1,5,7-8,10-11,13,16-19H,2H2,(H,15,20)(H2,21,22,23)/t13-,14-,19-,20+;5-,7-,8-,10+,11-,13+/m01/s1. The third-order valence-corrected chi connectivity index (χ3v) is 11.5. The van der Waals surface area contributed by atoms with Crippen molar-refractivity contribution in [2.45, 2.75) is 61.4 Å². The number of carbonyl (C=O) groups excluding carboxylic acids is 1. The molecule has 5 aliphatic heterocycles. The van der Waals surface area contributed by atoms with Crippen molar-refractivity contribution in [1.82, 2.24) is 10.3 Å². The molecule has 1 aliphatic carbocycles. The van der Waals surface area contributed by atoms with Crippen molar-refractivity contribution in [3.8, 4) is 23.0 Å². The maximum Gasteiger partial charge on any atom is 0.265 e. The van der Waals surface area contributed by atoms with Crippen LogP contribution in [0.15, 0.2) is 49.2 Å². The van der Waals surface area contributed by atoms with Gasteiger partial charge in [-0.05, 0) is 47.4 Å². The van der Waals surface area contributed by atoms with Gasteiger partial charge in [0.25, 0.3) is 13.7 Å². The number of methoxy groups -OCH3 is 1. The summed E-state index contributed by atoms with van der Waals surface area (Å²) in [4.78, 5) is 38.6. The number of benzene rings is 2. The van der Waals surface area contributed by atoms with Crippen LogP contribution in [0, 0.1) is 11.8 Å². The van der Waals surface area contributed by atoms with Crippen LogP contribution in [0.5, 0.6) is 23.0 Å². The molecule has 2 bridgehead atoms. The fourth-order valence-corrected chi connectivity index (χ4v) is 9.06. The van der Waals surface area contributed by atoms with Gasteiger partial charge in [-0.1, -0.05) is 6.08 Å². The Morgan fingerprint density at radius 3 is 2.65 bits per heavy atom. The summed E-state index contributed by atoms with van der Waals surface area (Å²) in [5, 5.41) is 55.5. The minimum atomic E-state index is -5.36. The van der Waals surface area contributed by atoms with E-state index in [4.69, 9.17) is 19.1 Å². The first-order chi connectivity index (χ1) is 24.3. The molecule has 0 spiro atoms. The number of phenolic OH excluding ortho intramolecular Hbond substituents is 1. The predicted octanol–water partition coefficient (Wildman–Crippen LogP) is -0.985. The van der Waals surface area contributed by atoms with Gasteiger partial charge in [0, 0.05) is 36.3 Å².